The van der Waals surface area contributed by atoms with Crippen LogP contribution in [0.2, 0.25) is 0 Å². The van der Waals surface area contributed by atoms with Gasteiger partial charge in [-0.15, -0.1) is 0 Å². The molecule has 3 N–H and O–H groups in total. The molecule has 1 unspecified atom stereocenters. The second kappa shape index (κ2) is 6.90. The highest BCUT2D eigenvalue weighted by molar-refractivity contribution is 7.80. The molecule has 110 valence electrons. The van der Waals surface area contributed by atoms with Crippen LogP contribution in [0.1, 0.15) is 24.8 Å². The summed E-state index contributed by atoms with van der Waals surface area (Å²) in [5.41, 5.74) is 7.61. The van der Waals surface area contributed by atoms with Crippen molar-refractivity contribution in [3.63, 3.8) is 0 Å². The molecule has 1 aliphatic heterocycles. The van der Waals surface area contributed by atoms with Crippen LogP contribution in [-0.4, -0.2) is 43.2 Å². The van der Waals surface area contributed by atoms with Crippen molar-refractivity contribution in [2.75, 3.05) is 32.6 Å². The van der Waals surface area contributed by atoms with E-state index in [-0.39, 0.29) is 0 Å². The molecule has 1 heterocycles. The van der Waals surface area contributed by atoms with Crippen molar-refractivity contribution in [1.82, 2.24) is 4.90 Å². The fourth-order valence-electron chi connectivity index (χ4n) is 2.64. The minimum Gasteiger partial charge on any atom is -0.497 e. The summed E-state index contributed by atoms with van der Waals surface area (Å²) in [4.78, 5) is 2.82. The van der Waals surface area contributed by atoms with Gasteiger partial charge in [0.25, 0.3) is 0 Å². The highest BCUT2D eigenvalue weighted by atomic mass is 32.1. The first kappa shape index (κ1) is 15.1. The maximum atomic E-state index is 5.78. The molecule has 20 heavy (non-hydrogen) atoms. The third-order valence-corrected chi connectivity index (χ3v) is 4.16. The van der Waals surface area contributed by atoms with Crippen molar-refractivity contribution >= 4 is 22.9 Å². The summed E-state index contributed by atoms with van der Waals surface area (Å²) in [6, 6.07) is 6.31. The number of likely N-dealkylation sites (tertiary alicyclic amines) is 1. The summed E-state index contributed by atoms with van der Waals surface area (Å²) in [6.45, 7) is 2.08. The molecule has 1 aromatic rings. The number of methoxy groups -OCH3 is 1. The number of benzene rings is 1. The Labute approximate surface area is 126 Å². The number of anilines is 1. The zero-order valence-electron chi connectivity index (χ0n) is 12.2. The van der Waals surface area contributed by atoms with Crippen molar-refractivity contribution in [1.29, 1.82) is 0 Å². The van der Waals surface area contributed by atoms with E-state index in [0.29, 0.717) is 11.0 Å². The van der Waals surface area contributed by atoms with Gasteiger partial charge in [-0.25, -0.2) is 0 Å². The molecule has 1 fully saturated rings. The largest absolute Gasteiger partial charge is 0.497 e. The Morgan fingerprint density at radius 3 is 2.95 bits per heavy atom. The van der Waals surface area contributed by atoms with E-state index in [1.165, 1.54) is 25.8 Å². The maximum Gasteiger partial charge on any atom is 0.120 e. The second-order valence-electron chi connectivity index (χ2n) is 5.29. The quantitative estimate of drug-likeness (QED) is 0.815. The molecule has 1 aromatic carbocycles. The first-order chi connectivity index (χ1) is 9.61. The molecule has 0 aromatic heterocycles. The molecule has 0 aliphatic carbocycles. The summed E-state index contributed by atoms with van der Waals surface area (Å²) < 4.78 is 5.27. The van der Waals surface area contributed by atoms with Gasteiger partial charge in [0.05, 0.1) is 7.11 Å². The van der Waals surface area contributed by atoms with Crippen LogP contribution < -0.4 is 15.8 Å². The number of rotatable bonds is 5. The highest BCUT2D eigenvalue weighted by Gasteiger charge is 2.19. The smallest absolute Gasteiger partial charge is 0.120 e. The van der Waals surface area contributed by atoms with Crippen molar-refractivity contribution in [2.45, 2.75) is 25.3 Å². The van der Waals surface area contributed by atoms with Crippen molar-refractivity contribution in [3.8, 4) is 5.75 Å². The number of nitrogens with one attached hydrogen (secondary N) is 1. The van der Waals surface area contributed by atoms with Crippen molar-refractivity contribution in [2.24, 2.45) is 5.73 Å². The number of hydrogen-bond donors (Lipinski definition) is 2. The number of ether oxygens (including phenoxy) is 1. The van der Waals surface area contributed by atoms with Gasteiger partial charge in [0.15, 0.2) is 0 Å². The van der Waals surface area contributed by atoms with Crippen LogP contribution in [0.25, 0.3) is 0 Å². The monoisotopic (exact) mass is 293 g/mol. The standard InChI is InChI=1S/C15H23N3OS/c1-18-8-4-3-5-11(18)10-17-14-9-12(19-2)6-7-13(14)15(16)20/h6-7,9,11,17H,3-5,8,10H2,1-2H3,(H2,16,20). The van der Waals surface area contributed by atoms with Gasteiger partial charge in [-0.3, -0.25) is 0 Å². The summed E-state index contributed by atoms with van der Waals surface area (Å²) in [6.07, 6.45) is 3.83. The fraction of sp³-hybridized carbons (Fsp3) is 0.533. The molecular formula is C15H23N3OS. The molecule has 1 saturated heterocycles. The third-order valence-electron chi connectivity index (χ3n) is 3.94. The molecule has 5 heteroatoms. The first-order valence-electron chi connectivity index (χ1n) is 7.03. The van der Waals surface area contributed by atoms with Gasteiger partial charge in [0, 0.05) is 29.9 Å². The van der Waals surface area contributed by atoms with E-state index in [0.717, 1.165) is 23.5 Å². The first-order valence-corrected chi connectivity index (χ1v) is 7.44. The average molecular weight is 293 g/mol. The number of nitrogens with zero attached hydrogens (tertiary/aromatic N) is 1. The topological polar surface area (TPSA) is 50.5 Å². The van der Waals surface area contributed by atoms with Gasteiger partial charge in [-0.2, -0.15) is 0 Å². The van der Waals surface area contributed by atoms with Crippen molar-refractivity contribution < 1.29 is 4.74 Å². The number of thiocarbonyl (C=S) groups is 1. The zero-order chi connectivity index (χ0) is 14.5. The lowest BCUT2D eigenvalue weighted by atomic mass is 10.0. The number of hydrogen-bond acceptors (Lipinski definition) is 4. The van der Waals surface area contributed by atoms with Crippen LogP contribution >= 0.6 is 12.2 Å². The zero-order valence-corrected chi connectivity index (χ0v) is 13.0. The predicted molar refractivity (Wildman–Crippen MR) is 87.6 cm³/mol. The fourth-order valence-corrected chi connectivity index (χ4v) is 2.82. The Bertz CT molecular complexity index is 478. The van der Waals surface area contributed by atoms with Gasteiger partial charge >= 0.3 is 0 Å². The normalized spacial score (nSPS) is 19.6. The van der Waals surface area contributed by atoms with E-state index in [9.17, 15) is 0 Å². The van der Waals surface area contributed by atoms with Crippen LogP contribution in [0.4, 0.5) is 5.69 Å². The summed E-state index contributed by atoms with van der Waals surface area (Å²) in [5, 5.41) is 3.48. The predicted octanol–water partition coefficient (Wildman–Crippen LogP) is 2.23. The molecule has 0 radical (unpaired) electrons. The summed E-state index contributed by atoms with van der Waals surface area (Å²) in [7, 11) is 3.85. The number of likely N-dealkylation sites (N-methyl/N-ethyl adjacent to an activating group) is 1. The Balaban J connectivity index is 2.08. The van der Waals surface area contributed by atoms with Crippen molar-refractivity contribution in [3.05, 3.63) is 23.8 Å². The minimum absolute atomic E-state index is 0.409. The maximum absolute atomic E-state index is 5.78. The highest BCUT2D eigenvalue weighted by Crippen LogP contribution is 2.23. The lowest BCUT2D eigenvalue weighted by Crippen LogP contribution is -2.40. The molecule has 1 atom stereocenters. The Morgan fingerprint density at radius 2 is 2.30 bits per heavy atom. The van der Waals surface area contributed by atoms with E-state index in [2.05, 4.69) is 17.3 Å². The summed E-state index contributed by atoms with van der Waals surface area (Å²) >= 11 is 5.11. The minimum atomic E-state index is 0.409. The van der Waals surface area contributed by atoms with Gasteiger partial charge in [0.1, 0.15) is 10.7 Å². The molecule has 0 saturated carbocycles. The van der Waals surface area contributed by atoms with E-state index in [4.69, 9.17) is 22.7 Å². The van der Waals surface area contributed by atoms with Crippen LogP contribution in [0.5, 0.6) is 5.75 Å². The summed E-state index contributed by atoms with van der Waals surface area (Å²) in [5.74, 6) is 0.810. The van der Waals surface area contributed by atoms with Gasteiger partial charge in [-0.05, 0) is 38.6 Å². The van der Waals surface area contributed by atoms with E-state index in [1.807, 2.05) is 18.2 Å². The Kier molecular flexibility index (Phi) is 5.20. The molecule has 4 nitrogen and oxygen atoms in total. The molecule has 0 bridgehead atoms. The lowest BCUT2D eigenvalue weighted by Gasteiger charge is -2.33. The Hall–Kier alpha value is -1.33. The number of piperidine rings is 1. The second-order valence-corrected chi connectivity index (χ2v) is 5.73. The molecular weight excluding hydrogens is 270 g/mol. The molecule has 1 aliphatic rings. The molecule has 2 rings (SSSR count). The SMILES string of the molecule is COc1ccc(C(N)=S)c(NCC2CCCCN2C)c1. The van der Waals surface area contributed by atoms with Gasteiger partial charge < -0.3 is 20.7 Å². The van der Waals surface area contributed by atoms with Gasteiger partial charge in [0.2, 0.25) is 0 Å². The van der Waals surface area contributed by atoms with Crippen LogP contribution in [0.15, 0.2) is 18.2 Å². The third kappa shape index (κ3) is 3.61. The van der Waals surface area contributed by atoms with Gasteiger partial charge in [-0.1, -0.05) is 18.6 Å². The molecule has 0 amide bonds. The van der Waals surface area contributed by atoms with Crippen LogP contribution in [-0.2, 0) is 0 Å². The van der Waals surface area contributed by atoms with Crippen LogP contribution in [0.3, 0.4) is 0 Å². The average Bonchev–Trinajstić information content (AvgIpc) is 2.46. The number of nitrogens with two attached hydrogens (primary N) is 1. The Morgan fingerprint density at radius 1 is 1.50 bits per heavy atom. The van der Waals surface area contributed by atoms with E-state index in [1.54, 1.807) is 7.11 Å². The van der Waals surface area contributed by atoms with Crippen LogP contribution in [0, 0.1) is 0 Å². The van der Waals surface area contributed by atoms with E-state index >= 15 is 0 Å². The lowest BCUT2D eigenvalue weighted by molar-refractivity contribution is 0.194. The van der Waals surface area contributed by atoms with E-state index < -0.39 is 0 Å². The molecule has 0 spiro atoms.